The van der Waals surface area contributed by atoms with Crippen molar-refractivity contribution in [3.63, 3.8) is 0 Å². The quantitative estimate of drug-likeness (QED) is 0.841. The Hall–Kier alpha value is -2.41. The van der Waals surface area contributed by atoms with Crippen LogP contribution in [0.25, 0.3) is 5.82 Å². The highest BCUT2D eigenvalue weighted by Gasteiger charge is 2.25. The van der Waals surface area contributed by atoms with Gasteiger partial charge in [0.15, 0.2) is 5.82 Å². The number of aryl methyl sites for hydroxylation is 1. The van der Waals surface area contributed by atoms with E-state index in [0.29, 0.717) is 12.6 Å². The molecule has 0 radical (unpaired) electrons. The number of rotatable bonds is 5. The number of carbonyl (C=O) groups excluding carboxylic acids is 1. The van der Waals surface area contributed by atoms with Gasteiger partial charge in [0.2, 0.25) is 5.91 Å². The van der Waals surface area contributed by atoms with Crippen molar-refractivity contribution in [2.45, 2.75) is 52.0 Å². The van der Waals surface area contributed by atoms with Crippen LogP contribution in [0.15, 0.2) is 24.4 Å². The lowest BCUT2D eigenvalue weighted by Gasteiger charge is -2.36. The van der Waals surface area contributed by atoms with Gasteiger partial charge in [-0.05, 0) is 38.8 Å². The summed E-state index contributed by atoms with van der Waals surface area (Å²) >= 11 is 0. The summed E-state index contributed by atoms with van der Waals surface area (Å²) in [6.07, 6.45) is 7.87. The molecule has 4 rings (SSSR count). The van der Waals surface area contributed by atoms with Crippen LogP contribution in [-0.2, 0) is 4.79 Å². The second-order valence-corrected chi connectivity index (χ2v) is 8.28. The van der Waals surface area contributed by atoms with Crippen molar-refractivity contribution in [3.05, 3.63) is 35.8 Å². The van der Waals surface area contributed by atoms with Crippen molar-refractivity contribution in [2.75, 3.05) is 37.6 Å². The Morgan fingerprint density at radius 3 is 2.55 bits per heavy atom. The molecule has 0 spiro atoms. The molecule has 1 saturated heterocycles. The zero-order valence-corrected chi connectivity index (χ0v) is 17.6. The lowest BCUT2D eigenvalue weighted by molar-refractivity contribution is -0.123. The first-order valence-electron chi connectivity index (χ1n) is 10.9. The van der Waals surface area contributed by atoms with Gasteiger partial charge in [-0.25, -0.2) is 9.67 Å². The lowest BCUT2D eigenvalue weighted by atomic mass is 9.95. The zero-order valence-electron chi connectivity index (χ0n) is 17.6. The van der Waals surface area contributed by atoms with Gasteiger partial charge in [-0.2, -0.15) is 5.10 Å². The zero-order chi connectivity index (χ0) is 20.2. The van der Waals surface area contributed by atoms with Gasteiger partial charge in [0.1, 0.15) is 0 Å². The summed E-state index contributed by atoms with van der Waals surface area (Å²) in [5.41, 5.74) is 3.34. The fourth-order valence-electron chi connectivity index (χ4n) is 4.65. The van der Waals surface area contributed by atoms with Gasteiger partial charge in [0.25, 0.3) is 0 Å². The number of hydrogen-bond donors (Lipinski definition) is 1. The van der Waals surface area contributed by atoms with Crippen molar-refractivity contribution in [2.24, 2.45) is 0 Å². The molecular formula is C22H32N6O. The first-order valence-corrected chi connectivity index (χ1v) is 10.9. The Kier molecular flexibility index (Phi) is 6.13. The highest BCUT2D eigenvalue weighted by atomic mass is 16.2. The number of pyridine rings is 1. The fraction of sp³-hybridized carbons (Fsp3) is 0.591. The van der Waals surface area contributed by atoms with E-state index in [-0.39, 0.29) is 5.91 Å². The van der Waals surface area contributed by atoms with E-state index < -0.39 is 0 Å². The number of aromatic nitrogens is 3. The topological polar surface area (TPSA) is 66.3 Å². The van der Waals surface area contributed by atoms with Gasteiger partial charge < -0.3 is 10.2 Å². The molecule has 1 saturated carbocycles. The summed E-state index contributed by atoms with van der Waals surface area (Å²) in [4.78, 5) is 21.5. The molecule has 7 nitrogen and oxygen atoms in total. The molecule has 0 aromatic carbocycles. The van der Waals surface area contributed by atoms with Gasteiger partial charge >= 0.3 is 0 Å². The van der Waals surface area contributed by atoms with Gasteiger partial charge in [-0.15, -0.1) is 0 Å². The predicted molar refractivity (Wildman–Crippen MR) is 115 cm³/mol. The van der Waals surface area contributed by atoms with E-state index in [1.165, 1.54) is 24.9 Å². The summed E-state index contributed by atoms with van der Waals surface area (Å²) in [6.45, 7) is 8.28. The molecule has 3 heterocycles. The minimum absolute atomic E-state index is 0.181. The molecule has 1 aliphatic heterocycles. The minimum atomic E-state index is 0.181. The van der Waals surface area contributed by atoms with Crippen LogP contribution in [0, 0.1) is 13.8 Å². The third-order valence-corrected chi connectivity index (χ3v) is 6.15. The molecule has 1 aliphatic carbocycles. The van der Waals surface area contributed by atoms with E-state index in [0.717, 1.165) is 56.2 Å². The van der Waals surface area contributed by atoms with Crippen LogP contribution in [0.5, 0.6) is 0 Å². The number of nitrogens with one attached hydrogen (secondary N) is 1. The summed E-state index contributed by atoms with van der Waals surface area (Å²) in [7, 11) is 0. The third kappa shape index (κ3) is 4.61. The molecule has 156 valence electrons. The van der Waals surface area contributed by atoms with Crippen LogP contribution in [0.4, 0.5) is 5.69 Å². The Morgan fingerprint density at radius 1 is 1.10 bits per heavy atom. The van der Waals surface area contributed by atoms with E-state index in [1.807, 2.05) is 22.9 Å². The standard InChI is InChI=1S/C22H32N6O/c1-17-22(18(2)28(25-17)20-10-6-7-11-23-20)27-14-12-26(13-15-27)16-21(29)24-19-8-4-3-5-9-19/h6-7,10-11,19H,3-5,8-9,12-16H2,1-2H3,(H,24,29). The molecule has 0 bridgehead atoms. The maximum Gasteiger partial charge on any atom is 0.234 e. The van der Waals surface area contributed by atoms with Crippen LogP contribution in [-0.4, -0.2) is 64.3 Å². The molecule has 1 amide bonds. The number of nitrogens with zero attached hydrogens (tertiary/aromatic N) is 5. The molecule has 2 fully saturated rings. The highest BCUT2D eigenvalue weighted by molar-refractivity contribution is 5.78. The van der Waals surface area contributed by atoms with Gasteiger partial charge in [-0.1, -0.05) is 25.3 Å². The molecule has 7 heteroatoms. The van der Waals surface area contributed by atoms with Gasteiger partial charge in [0.05, 0.1) is 23.6 Å². The monoisotopic (exact) mass is 396 g/mol. The third-order valence-electron chi connectivity index (χ3n) is 6.15. The lowest BCUT2D eigenvalue weighted by Crippen LogP contribution is -2.51. The SMILES string of the molecule is Cc1nn(-c2ccccn2)c(C)c1N1CCN(CC(=O)NC2CCCCC2)CC1. The average Bonchev–Trinajstić information content (AvgIpc) is 3.04. The Labute approximate surface area is 173 Å². The minimum Gasteiger partial charge on any atom is -0.366 e. The number of piperazine rings is 1. The van der Waals surface area contributed by atoms with Crippen LogP contribution in [0.2, 0.25) is 0 Å². The van der Waals surface area contributed by atoms with E-state index in [4.69, 9.17) is 5.10 Å². The smallest absolute Gasteiger partial charge is 0.234 e. The first kappa shape index (κ1) is 19.9. The van der Waals surface area contributed by atoms with Crippen molar-refractivity contribution >= 4 is 11.6 Å². The maximum absolute atomic E-state index is 12.4. The Balaban J connectivity index is 1.34. The molecule has 0 unspecified atom stereocenters. The highest BCUT2D eigenvalue weighted by Crippen LogP contribution is 2.27. The van der Waals surface area contributed by atoms with Crippen molar-refractivity contribution in [1.29, 1.82) is 0 Å². The van der Waals surface area contributed by atoms with Crippen molar-refractivity contribution in [1.82, 2.24) is 25.0 Å². The molecule has 0 atom stereocenters. The van der Waals surface area contributed by atoms with E-state index in [1.54, 1.807) is 6.20 Å². The largest absolute Gasteiger partial charge is 0.366 e. The van der Waals surface area contributed by atoms with Crippen LogP contribution in [0.3, 0.4) is 0 Å². The predicted octanol–water partition coefficient (Wildman–Crippen LogP) is 2.46. The fourth-order valence-corrected chi connectivity index (χ4v) is 4.65. The summed E-state index contributed by atoms with van der Waals surface area (Å²) in [5, 5.41) is 7.96. The molecule has 2 aromatic heterocycles. The van der Waals surface area contributed by atoms with E-state index in [9.17, 15) is 4.79 Å². The Morgan fingerprint density at radius 2 is 1.86 bits per heavy atom. The van der Waals surface area contributed by atoms with Crippen LogP contribution >= 0.6 is 0 Å². The number of anilines is 1. The van der Waals surface area contributed by atoms with Crippen molar-refractivity contribution in [3.8, 4) is 5.82 Å². The second kappa shape index (κ2) is 8.95. The normalized spacial score (nSPS) is 18.8. The van der Waals surface area contributed by atoms with Crippen molar-refractivity contribution < 1.29 is 4.79 Å². The van der Waals surface area contributed by atoms with Gasteiger partial charge in [0, 0.05) is 38.4 Å². The van der Waals surface area contributed by atoms with Crippen LogP contribution < -0.4 is 10.2 Å². The van der Waals surface area contributed by atoms with E-state index >= 15 is 0 Å². The van der Waals surface area contributed by atoms with Crippen LogP contribution in [0.1, 0.15) is 43.5 Å². The summed E-state index contributed by atoms with van der Waals surface area (Å²) in [5.74, 6) is 1.03. The molecule has 1 N–H and O–H groups in total. The first-order chi connectivity index (χ1) is 14.1. The number of amides is 1. The summed E-state index contributed by atoms with van der Waals surface area (Å²) < 4.78 is 1.93. The Bertz CT molecular complexity index is 819. The molecular weight excluding hydrogens is 364 g/mol. The maximum atomic E-state index is 12.4. The second-order valence-electron chi connectivity index (χ2n) is 8.28. The number of hydrogen-bond acceptors (Lipinski definition) is 5. The average molecular weight is 397 g/mol. The number of carbonyl (C=O) groups is 1. The van der Waals surface area contributed by atoms with E-state index in [2.05, 4.69) is 33.9 Å². The summed E-state index contributed by atoms with van der Waals surface area (Å²) in [6, 6.07) is 6.27. The molecule has 2 aromatic rings. The van der Waals surface area contributed by atoms with Gasteiger partial charge in [-0.3, -0.25) is 9.69 Å². The molecule has 2 aliphatic rings. The molecule has 29 heavy (non-hydrogen) atoms.